The van der Waals surface area contributed by atoms with Crippen molar-refractivity contribution in [1.29, 1.82) is 0 Å². The molecule has 14 heavy (non-hydrogen) atoms. The molecule has 1 rings (SSSR count). The van der Waals surface area contributed by atoms with E-state index < -0.39 is 0 Å². The molecule has 0 amide bonds. The number of halogens is 1. The molecule has 2 atom stereocenters. The van der Waals surface area contributed by atoms with Crippen LogP contribution < -0.4 is 0 Å². The predicted molar refractivity (Wildman–Crippen MR) is 63.9 cm³/mol. The second kappa shape index (κ2) is 5.54. The summed E-state index contributed by atoms with van der Waals surface area (Å²) in [5.41, 5.74) is 1.21. The van der Waals surface area contributed by atoms with Crippen molar-refractivity contribution >= 4 is 15.9 Å². The van der Waals surface area contributed by atoms with Crippen molar-refractivity contribution in [3.8, 4) is 0 Å². The van der Waals surface area contributed by atoms with Gasteiger partial charge in [-0.2, -0.15) is 5.10 Å². The van der Waals surface area contributed by atoms with Crippen LogP contribution in [-0.2, 0) is 6.42 Å². The molecule has 1 heterocycles. The second-order valence-corrected chi connectivity index (χ2v) is 4.66. The van der Waals surface area contributed by atoms with E-state index in [4.69, 9.17) is 0 Å². The molecule has 2 nitrogen and oxygen atoms in total. The summed E-state index contributed by atoms with van der Waals surface area (Å²) in [5.74, 6) is 0.662. The highest BCUT2D eigenvalue weighted by atomic mass is 79.9. The van der Waals surface area contributed by atoms with Gasteiger partial charge in [-0.15, -0.1) is 0 Å². The molecule has 0 N–H and O–H groups in total. The van der Waals surface area contributed by atoms with Gasteiger partial charge in [0.15, 0.2) is 0 Å². The molecule has 0 saturated heterocycles. The largest absolute Gasteiger partial charge is 0.270 e. The molecule has 1 aromatic heterocycles. The lowest BCUT2D eigenvalue weighted by Gasteiger charge is -2.08. The van der Waals surface area contributed by atoms with Gasteiger partial charge >= 0.3 is 0 Å². The SMILES string of the molecule is CCC(C)n1ccc(CC(C)CBr)n1. The maximum absolute atomic E-state index is 4.56. The minimum atomic E-state index is 0.517. The Morgan fingerprint density at radius 3 is 2.79 bits per heavy atom. The van der Waals surface area contributed by atoms with Gasteiger partial charge in [0.1, 0.15) is 0 Å². The predicted octanol–water partition coefficient (Wildman–Crippen LogP) is 3.43. The maximum atomic E-state index is 4.56. The fourth-order valence-corrected chi connectivity index (χ4v) is 1.56. The number of hydrogen-bond acceptors (Lipinski definition) is 1. The van der Waals surface area contributed by atoms with E-state index in [9.17, 15) is 0 Å². The summed E-state index contributed by atoms with van der Waals surface area (Å²) in [5, 5.41) is 5.61. The first-order valence-corrected chi connectivity index (χ1v) is 6.39. The lowest BCUT2D eigenvalue weighted by Crippen LogP contribution is -2.06. The molecule has 0 fully saturated rings. The third-order valence-electron chi connectivity index (χ3n) is 2.53. The zero-order chi connectivity index (χ0) is 10.6. The molecular weight excluding hydrogens is 240 g/mol. The average Bonchev–Trinajstić information content (AvgIpc) is 2.65. The van der Waals surface area contributed by atoms with Gasteiger partial charge in [0.05, 0.1) is 5.69 Å². The Morgan fingerprint density at radius 2 is 2.21 bits per heavy atom. The van der Waals surface area contributed by atoms with Crippen LogP contribution in [0.5, 0.6) is 0 Å². The Morgan fingerprint density at radius 1 is 1.50 bits per heavy atom. The van der Waals surface area contributed by atoms with E-state index in [2.05, 4.69) is 58.7 Å². The van der Waals surface area contributed by atoms with Gasteiger partial charge in [0.2, 0.25) is 0 Å². The van der Waals surface area contributed by atoms with E-state index in [0.717, 1.165) is 18.2 Å². The zero-order valence-electron chi connectivity index (χ0n) is 9.20. The van der Waals surface area contributed by atoms with Gasteiger partial charge in [-0.25, -0.2) is 0 Å². The van der Waals surface area contributed by atoms with Crippen LogP contribution in [0.4, 0.5) is 0 Å². The molecule has 0 radical (unpaired) electrons. The highest BCUT2D eigenvalue weighted by Gasteiger charge is 2.07. The molecule has 2 unspecified atom stereocenters. The van der Waals surface area contributed by atoms with Gasteiger partial charge in [-0.3, -0.25) is 4.68 Å². The van der Waals surface area contributed by atoms with Crippen molar-refractivity contribution < 1.29 is 0 Å². The van der Waals surface area contributed by atoms with Crippen LogP contribution in [0.25, 0.3) is 0 Å². The quantitative estimate of drug-likeness (QED) is 0.741. The summed E-state index contributed by atoms with van der Waals surface area (Å²) >= 11 is 3.49. The van der Waals surface area contributed by atoms with Crippen molar-refractivity contribution in [1.82, 2.24) is 9.78 Å². The summed E-state index contributed by atoms with van der Waals surface area (Å²) in [6.07, 6.45) is 4.29. The minimum absolute atomic E-state index is 0.517. The Labute approximate surface area is 94.8 Å². The third-order valence-corrected chi connectivity index (χ3v) is 3.63. The van der Waals surface area contributed by atoms with Gasteiger partial charge < -0.3 is 0 Å². The molecule has 1 aromatic rings. The van der Waals surface area contributed by atoms with E-state index >= 15 is 0 Å². The molecule has 0 aliphatic carbocycles. The smallest absolute Gasteiger partial charge is 0.0627 e. The van der Waals surface area contributed by atoms with Gasteiger partial charge in [0, 0.05) is 17.6 Å². The van der Waals surface area contributed by atoms with Crippen LogP contribution >= 0.6 is 15.9 Å². The highest BCUT2D eigenvalue weighted by Crippen LogP contribution is 2.12. The molecule has 0 aliphatic heterocycles. The summed E-state index contributed by atoms with van der Waals surface area (Å²) in [6.45, 7) is 6.62. The van der Waals surface area contributed by atoms with E-state index in [1.165, 1.54) is 5.69 Å². The van der Waals surface area contributed by atoms with E-state index in [1.54, 1.807) is 0 Å². The Bertz CT molecular complexity index is 270. The number of nitrogens with zero attached hydrogens (tertiary/aromatic N) is 2. The average molecular weight is 259 g/mol. The fraction of sp³-hybridized carbons (Fsp3) is 0.727. The van der Waals surface area contributed by atoms with Crippen LogP contribution in [0.15, 0.2) is 12.3 Å². The van der Waals surface area contributed by atoms with Crippen LogP contribution in [0.1, 0.15) is 38.9 Å². The van der Waals surface area contributed by atoms with Gasteiger partial charge in [-0.05, 0) is 31.7 Å². The van der Waals surface area contributed by atoms with Crippen LogP contribution in [0, 0.1) is 5.92 Å². The molecule has 3 heteroatoms. The topological polar surface area (TPSA) is 17.8 Å². The molecule has 0 aliphatic rings. The normalized spacial score (nSPS) is 15.4. The first-order valence-electron chi connectivity index (χ1n) is 5.27. The first-order chi connectivity index (χ1) is 6.67. The monoisotopic (exact) mass is 258 g/mol. The molecular formula is C11H19BrN2. The molecule has 0 aromatic carbocycles. The standard InChI is InChI=1S/C11H19BrN2/c1-4-10(3)14-6-5-11(13-14)7-9(2)8-12/h5-6,9-10H,4,7-8H2,1-3H3. The van der Waals surface area contributed by atoms with Crippen molar-refractivity contribution in [2.24, 2.45) is 5.92 Å². The summed E-state index contributed by atoms with van der Waals surface area (Å²) in [7, 11) is 0. The lowest BCUT2D eigenvalue weighted by atomic mass is 10.1. The second-order valence-electron chi connectivity index (χ2n) is 4.01. The zero-order valence-corrected chi connectivity index (χ0v) is 10.8. The third kappa shape index (κ3) is 3.12. The minimum Gasteiger partial charge on any atom is -0.270 e. The molecule has 0 spiro atoms. The number of alkyl halides is 1. The first kappa shape index (κ1) is 11.8. The van der Waals surface area contributed by atoms with Gasteiger partial charge in [0.25, 0.3) is 0 Å². The van der Waals surface area contributed by atoms with Crippen molar-refractivity contribution in [3.05, 3.63) is 18.0 Å². The van der Waals surface area contributed by atoms with Crippen molar-refractivity contribution in [2.45, 2.75) is 39.7 Å². The van der Waals surface area contributed by atoms with Crippen LogP contribution in [0.3, 0.4) is 0 Å². The van der Waals surface area contributed by atoms with E-state index in [0.29, 0.717) is 12.0 Å². The van der Waals surface area contributed by atoms with Crippen LogP contribution in [0.2, 0.25) is 0 Å². The van der Waals surface area contributed by atoms with Gasteiger partial charge in [-0.1, -0.05) is 29.8 Å². The van der Waals surface area contributed by atoms with Crippen molar-refractivity contribution in [3.63, 3.8) is 0 Å². The van der Waals surface area contributed by atoms with Crippen molar-refractivity contribution in [2.75, 3.05) is 5.33 Å². The number of aromatic nitrogens is 2. The molecule has 0 saturated carbocycles. The van der Waals surface area contributed by atoms with Crippen LogP contribution in [-0.4, -0.2) is 15.1 Å². The summed E-state index contributed by atoms with van der Waals surface area (Å²) in [4.78, 5) is 0. The summed E-state index contributed by atoms with van der Waals surface area (Å²) in [6, 6.07) is 2.65. The number of hydrogen-bond donors (Lipinski definition) is 0. The molecule has 0 bridgehead atoms. The number of rotatable bonds is 5. The van der Waals surface area contributed by atoms with E-state index in [-0.39, 0.29) is 0 Å². The lowest BCUT2D eigenvalue weighted by molar-refractivity contribution is 0.470. The Kier molecular flexibility index (Phi) is 4.66. The highest BCUT2D eigenvalue weighted by molar-refractivity contribution is 9.09. The Hall–Kier alpha value is -0.310. The molecule has 80 valence electrons. The fourth-order valence-electron chi connectivity index (χ4n) is 1.33. The maximum Gasteiger partial charge on any atom is 0.0627 e. The van der Waals surface area contributed by atoms with E-state index in [1.807, 2.05) is 0 Å². The summed E-state index contributed by atoms with van der Waals surface area (Å²) < 4.78 is 2.07. The Balaban J connectivity index is 2.59.